The van der Waals surface area contributed by atoms with Crippen LogP contribution in [0.25, 0.3) is 0 Å². The molecule has 1 fully saturated rings. The fourth-order valence-corrected chi connectivity index (χ4v) is 2.37. The Labute approximate surface area is 93.1 Å². The van der Waals surface area contributed by atoms with E-state index < -0.39 is 5.82 Å². The first-order valence-electron chi connectivity index (χ1n) is 5.07. The second-order valence-corrected chi connectivity index (χ2v) is 4.20. The number of phenols is 1. The Kier molecular flexibility index (Phi) is 3.12. The van der Waals surface area contributed by atoms with Gasteiger partial charge in [-0.15, -0.1) is 0 Å². The van der Waals surface area contributed by atoms with Gasteiger partial charge in [0.15, 0.2) is 0 Å². The monoisotopic (exact) mass is 229 g/mol. The lowest BCUT2D eigenvalue weighted by molar-refractivity contribution is 0.422. The van der Waals surface area contributed by atoms with Crippen molar-refractivity contribution >= 4 is 11.6 Å². The first-order chi connectivity index (χ1) is 7.20. The van der Waals surface area contributed by atoms with Crippen LogP contribution < -0.4 is 5.32 Å². The van der Waals surface area contributed by atoms with E-state index in [2.05, 4.69) is 5.32 Å². The molecule has 0 saturated carbocycles. The smallest absolute Gasteiger partial charge is 0.142 e. The highest BCUT2D eigenvalue weighted by Gasteiger charge is 2.22. The number of hydrogen-bond donors (Lipinski definition) is 2. The highest BCUT2D eigenvalue weighted by atomic mass is 35.5. The van der Waals surface area contributed by atoms with E-state index in [0.29, 0.717) is 5.56 Å². The van der Waals surface area contributed by atoms with Crippen molar-refractivity contribution in [1.82, 2.24) is 5.32 Å². The number of hydrogen-bond acceptors (Lipinski definition) is 2. The van der Waals surface area contributed by atoms with Gasteiger partial charge in [0.1, 0.15) is 11.6 Å². The van der Waals surface area contributed by atoms with Crippen LogP contribution in [0.2, 0.25) is 5.02 Å². The van der Waals surface area contributed by atoms with E-state index in [1.165, 1.54) is 12.1 Å². The Morgan fingerprint density at radius 2 is 2.00 bits per heavy atom. The van der Waals surface area contributed by atoms with Gasteiger partial charge in [-0.2, -0.15) is 0 Å². The van der Waals surface area contributed by atoms with Gasteiger partial charge in [0.2, 0.25) is 0 Å². The van der Waals surface area contributed by atoms with E-state index in [9.17, 15) is 9.50 Å². The molecule has 82 valence electrons. The van der Waals surface area contributed by atoms with Crippen molar-refractivity contribution in [2.75, 3.05) is 13.1 Å². The fraction of sp³-hybridized carbons (Fsp3) is 0.455. The maximum absolute atomic E-state index is 13.3. The SMILES string of the molecule is Oc1ccc(F)c(Cl)c1C1CCNCC1. The standard InChI is InChI=1S/C11H13ClFNO/c12-11-8(13)1-2-9(15)10(11)7-3-5-14-6-4-7/h1-2,7,14-15H,3-6H2. The Bertz CT molecular complexity index is 364. The molecule has 0 unspecified atom stereocenters. The van der Waals surface area contributed by atoms with Crippen LogP contribution in [0.4, 0.5) is 4.39 Å². The Balaban J connectivity index is 2.36. The van der Waals surface area contributed by atoms with E-state index in [4.69, 9.17) is 11.6 Å². The van der Waals surface area contributed by atoms with Gasteiger partial charge in [-0.05, 0) is 44.0 Å². The summed E-state index contributed by atoms with van der Waals surface area (Å²) < 4.78 is 13.3. The molecule has 0 radical (unpaired) electrons. The van der Waals surface area contributed by atoms with Gasteiger partial charge in [0.25, 0.3) is 0 Å². The van der Waals surface area contributed by atoms with Gasteiger partial charge < -0.3 is 10.4 Å². The number of piperidine rings is 1. The molecule has 1 saturated heterocycles. The second kappa shape index (κ2) is 4.37. The van der Waals surface area contributed by atoms with Crippen molar-refractivity contribution < 1.29 is 9.50 Å². The number of halogens is 2. The van der Waals surface area contributed by atoms with E-state index >= 15 is 0 Å². The van der Waals surface area contributed by atoms with Crippen molar-refractivity contribution in [3.8, 4) is 5.75 Å². The van der Waals surface area contributed by atoms with Crippen LogP contribution in [-0.2, 0) is 0 Å². The van der Waals surface area contributed by atoms with Crippen LogP contribution in [0, 0.1) is 5.82 Å². The van der Waals surface area contributed by atoms with Crippen molar-refractivity contribution in [2.24, 2.45) is 0 Å². The molecule has 0 atom stereocenters. The highest BCUT2D eigenvalue weighted by molar-refractivity contribution is 6.31. The lowest BCUT2D eigenvalue weighted by atomic mass is 9.89. The molecule has 1 heterocycles. The normalized spacial score (nSPS) is 18.0. The largest absolute Gasteiger partial charge is 0.508 e. The number of nitrogens with one attached hydrogen (secondary N) is 1. The molecular formula is C11H13ClFNO. The number of aromatic hydroxyl groups is 1. The van der Waals surface area contributed by atoms with Crippen LogP contribution >= 0.6 is 11.6 Å². The molecule has 4 heteroatoms. The zero-order chi connectivity index (χ0) is 10.8. The molecule has 1 aromatic rings. The van der Waals surface area contributed by atoms with Crippen molar-refractivity contribution in [3.05, 3.63) is 28.5 Å². The van der Waals surface area contributed by atoms with Gasteiger partial charge >= 0.3 is 0 Å². The number of benzene rings is 1. The molecule has 2 nitrogen and oxygen atoms in total. The van der Waals surface area contributed by atoms with Gasteiger partial charge in [0, 0.05) is 5.56 Å². The summed E-state index contributed by atoms with van der Waals surface area (Å²) in [6.45, 7) is 1.77. The Morgan fingerprint density at radius 3 is 2.67 bits per heavy atom. The predicted octanol–water partition coefficient (Wildman–Crippen LogP) is 2.65. The van der Waals surface area contributed by atoms with E-state index in [1.807, 2.05) is 0 Å². The molecule has 2 N–H and O–H groups in total. The maximum Gasteiger partial charge on any atom is 0.142 e. The predicted molar refractivity (Wildman–Crippen MR) is 57.9 cm³/mol. The lowest BCUT2D eigenvalue weighted by Gasteiger charge is -2.24. The molecule has 2 rings (SSSR count). The molecule has 0 bridgehead atoms. The first-order valence-corrected chi connectivity index (χ1v) is 5.45. The van der Waals surface area contributed by atoms with Crippen molar-refractivity contribution in [2.45, 2.75) is 18.8 Å². The average Bonchev–Trinajstić information content (AvgIpc) is 2.26. The van der Waals surface area contributed by atoms with E-state index in [1.54, 1.807) is 0 Å². The zero-order valence-electron chi connectivity index (χ0n) is 8.26. The molecule has 0 amide bonds. The summed E-state index contributed by atoms with van der Waals surface area (Å²) in [6.07, 6.45) is 1.77. The molecule has 0 aromatic heterocycles. The summed E-state index contributed by atoms with van der Waals surface area (Å²) >= 11 is 5.88. The average molecular weight is 230 g/mol. The van der Waals surface area contributed by atoms with Crippen molar-refractivity contribution in [3.63, 3.8) is 0 Å². The van der Waals surface area contributed by atoms with E-state index in [0.717, 1.165) is 25.9 Å². The molecule has 1 aliphatic rings. The molecule has 1 aromatic carbocycles. The number of rotatable bonds is 1. The minimum Gasteiger partial charge on any atom is -0.508 e. The second-order valence-electron chi connectivity index (χ2n) is 3.82. The molecule has 1 aliphatic heterocycles. The highest BCUT2D eigenvalue weighted by Crippen LogP contribution is 2.38. The minimum absolute atomic E-state index is 0.0712. The van der Waals surface area contributed by atoms with Crippen molar-refractivity contribution in [1.29, 1.82) is 0 Å². The minimum atomic E-state index is -0.456. The zero-order valence-corrected chi connectivity index (χ0v) is 9.02. The van der Waals surface area contributed by atoms with Crippen LogP contribution in [-0.4, -0.2) is 18.2 Å². The Hall–Kier alpha value is -0.800. The van der Waals surface area contributed by atoms with Gasteiger partial charge in [-0.25, -0.2) is 4.39 Å². The summed E-state index contributed by atoms with van der Waals surface area (Å²) in [4.78, 5) is 0. The molecule has 0 spiro atoms. The molecular weight excluding hydrogens is 217 g/mol. The third kappa shape index (κ3) is 2.08. The van der Waals surface area contributed by atoms with Crippen LogP contribution in [0.1, 0.15) is 24.3 Å². The van der Waals surface area contributed by atoms with Gasteiger partial charge in [-0.1, -0.05) is 11.6 Å². The van der Waals surface area contributed by atoms with Crippen LogP contribution in [0.15, 0.2) is 12.1 Å². The van der Waals surface area contributed by atoms with Crippen LogP contribution in [0.3, 0.4) is 0 Å². The summed E-state index contributed by atoms with van der Waals surface area (Å²) in [5, 5.41) is 13.0. The fourth-order valence-electron chi connectivity index (χ4n) is 2.06. The Morgan fingerprint density at radius 1 is 1.33 bits per heavy atom. The number of phenolic OH excluding ortho intramolecular Hbond substituents is 1. The quantitative estimate of drug-likeness (QED) is 0.776. The summed E-state index contributed by atoms with van der Waals surface area (Å²) in [6, 6.07) is 2.57. The topological polar surface area (TPSA) is 32.3 Å². The third-order valence-corrected chi connectivity index (χ3v) is 3.24. The maximum atomic E-state index is 13.3. The summed E-state index contributed by atoms with van der Waals surface area (Å²) in [7, 11) is 0. The first kappa shape index (κ1) is 10.7. The van der Waals surface area contributed by atoms with Crippen LogP contribution in [0.5, 0.6) is 5.75 Å². The summed E-state index contributed by atoms with van der Waals surface area (Å²) in [5.41, 5.74) is 0.568. The van der Waals surface area contributed by atoms with Gasteiger partial charge in [0.05, 0.1) is 5.02 Å². The molecule has 0 aliphatic carbocycles. The summed E-state index contributed by atoms with van der Waals surface area (Å²) in [5.74, 6) is -0.189. The lowest BCUT2D eigenvalue weighted by Crippen LogP contribution is -2.26. The third-order valence-electron chi connectivity index (χ3n) is 2.86. The van der Waals surface area contributed by atoms with E-state index in [-0.39, 0.29) is 16.7 Å². The molecule has 15 heavy (non-hydrogen) atoms. The van der Waals surface area contributed by atoms with Gasteiger partial charge in [-0.3, -0.25) is 0 Å².